The Morgan fingerprint density at radius 1 is 1.11 bits per heavy atom. The normalized spacial score (nSPS) is 14.8. The summed E-state index contributed by atoms with van der Waals surface area (Å²) < 4.78 is 2.54. The number of rotatable bonds is 9. The number of allylic oxidation sites excluding steroid dienone is 1. The molecular formula is C32H45N3. The van der Waals surface area contributed by atoms with Crippen molar-refractivity contribution in [2.75, 3.05) is 18.0 Å². The number of nitrogens with zero attached hydrogens (tertiary/aromatic N) is 3. The van der Waals surface area contributed by atoms with Crippen molar-refractivity contribution >= 4 is 16.6 Å². The van der Waals surface area contributed by atoms with Gasteiger partial charge in [0.05, 0.1) is 11.4 Å². The molecule has 3 heteroatoms. The van der Waals surface area contributed by atoms with Gasteiger partial charge in [-0.15, -0.1) is 6.58 Å². The second kappa shape index (κ2) is 10.6. The Labute approximate surface area is 213 Å². The molecule has 1 saturated heterocycles. The molecule has 0 N–H and O–H groups in total. The van der Waals surface area contributed by atoms with Gasteiger partial charge in [-0.1, -0.05) is 33.3 Å². The van der Waals surface area contributed by atoms with Crippen LogP contribution in [0.2, 0.25) is 0 Å². The molecule has 1 fully saturated rings. The fourth-order valence-corrected chi connectivity index (χ4v) is 5.77. The summed E-state index contributed by atoms with van der Waals surface area (Å²) in [5, 5.41) is 1.42. The van der Waals surface area contributed by atoms with Gasteiger partial charge in [0.15, 0.2) is 0 Å². The van der Waals surface area contributed by atoms with Crippen molar-refractivity contribution in [3.8, 4) is 11.3 Å². The third-order valence-corrected chi connectivity index (χ3v) is 7.71. The summed E-state index contributed by atoms with van der Waals surface area (Å²) in [7, 11) is 0. The van der Waals surface area contributed by atoms with Gasteiger partial charge in [0.1, 0.15) is 0 Å². The Balaban J connectivity index is 1.94. The van der Waals surface area contributed by atoms with E-state index in [-0.39, 0.29) is 5.41 Å². The van der Waals surface area contributed by atoms with Gasteiger partial charge < -0.3 is 9.47 Å². The fraction of sp³-hybridized carbons (Fsp3) is 0.531. The van der Waals surface area contributed by atoms with E-state index in [4.69, 9.17) is 4.98 Å². The minimum atomic E-state index is 0.182. The van der Waals surface area contributed by atoms with E-state index >= 15 is 0 Å². The van der Waals surface area contributed by atoms with E-state index in [0.29, 0.717) is 5.92 Å². The largest absolute Gasteiger partial charge is 0.372 e. The third kappa shape index (κ3) is 5.50. The van der Waals surface area contributed by atoms with Gasteiger partial charge in [0.25, 0.3) is 0 Å². The highest BCUT2D eigenvalue weighted by molar-refractivity contribution is 5.94. The van der Waals surface area contributed by atoms with Crippen molar-refractivity contribution in [2.24, 2.45) is 5.41 Å². The molecule has 0 spiro atoms. The van der Waals surface area contributed by atoms with E-state index in [1.807, 2.05) is 6.20 Å². The lowest BCUT2D eigenvalue weighted by Gasteiger charge is -2.29. The molecule has 0 radical (unpaired) electrons. The molecule has 3 nitrogen and oxygen atoms in total. The Kier molecular flexibility index (Phi) is 7.73. The van der Waals surface area contributed by atoms with E-state index < -0.39 is 0 Å². The van der Waals surface area contributed by atoms with E-state index in [2.05, 4.69) is 87.9 Å². The predicted octanol–water partition coefficient (Wildman–Crippen LogP) is 8.76. The lowest BCUT2D eigenvalue weighted by molar-refractivity contribution is 0.334. The van der Waals surface area contributed by atoms with Crippen LogP contribution >= 0.6 is 0 Å². The first-order valence-electron chi connectivity index (χ1n) is 13.7. The number of piperidine rings is 1. The molecule has 1 aliphatic heterocycles. The Morgan fingerprint density at radius 2 is 1.86 bits per heavy atom. The van der Waals surface area contributed by atoms with Crippen LogP contribution < -0.4 is 4.90 Å². The average molecular weight is 472 g/mol. The number of benzene rings is 1. The Hall–Kier alpha value is -2.55. The van der Waals surface area contributed by atoms with Gasteiger partial charge in [-0.25, -0.2) is 0 Å². The van der Waals surface area contributed by atoms with Gasteiger partial charge >= 0.3 is 0 Å². The molecule has 4 rings (SSSR count). The highest BCUT2D eigenvalue weighted by Crippen LogP contribution is 2.42. The molecule has 0 bridgehead atoms. The van der Waals surface area contributed by atoms with E-state index in [1.165, 1.54) is 77.0 Å². The number of aryl methyl sites for hydroxylation is 1. The van der Waals surface area contributed by atoms with Gasteiger partial charge in [-0.05, 0) is 99.6 Å². The highest BCUT2D eigenvalue weighted by Gasteiger charge is 2.27. The molecule has 0 unspecified atom stereocenters. The third-order valence-electron chi connectivity index (χ3n) is 7.71. The van der Waals surface area contributed by atoms with Crippen molar-refractivity contribution in [1.82, 2.24) is 9.55 Å². The number of anilines is 1. The van der Waals surface area contributed by atoms with Crippen molar-refractivity contribution in [3.63, 3.8) is 0 Å². The zero-order valence-electron chi connectivity index (χ0n) is 23.0. The highest BCUT2D eigenvalue weighted by atomic mass is 15.1. The quantitative estimate of drug-likeness (QED) is 0.291. The van der Waals surface area contributed by atoms with Gasteiger partial charge in [-0.3, -0.25) is 4.98 Å². The number of hydrogen-bond donors (Lipinski definition) is 0. The first-order valence-corrected chi connectivity index (χ1v) is 13.7. The molecule has 1 aromatic carbocycles. The summed E-state index contributed by atoms with van der Waals surface area (Å²) in [5.41, 5.74) is 9.55. The summed E-state index contributed by atoms with van der Waals surface area (Å²) in [6.07, 6.45) is 9.18. The smallest absolute Gasteiger partial charge is 0.0542 e. The van der Waals surface area contributed by atoms with Crippen molar-refractivity contribution in [1.29, 1.82) is 0 Å². The van der Waals surface area contributed by atoms with Gasteiger partial charge in [0, 0.05) is 48.0 Å². The Morgan fingerprint density at radius 3 is 2.51 bits per heavy atom. The number of hydrogen-bond acceptors (Lipinski definition) is 2. The summed E-state index contributed by atoms with van der Waals surface area (Å²) in [4.78, 5) is 7.44. The second-order valence-electron chi connectivity index (χ2n) is 11.7. The molecule has 0 saturated carbocycles. The van der Waals surface area contributed by atoms with Gasteiger partial charge in [-0.2, -0.15) is 0 Å². The molecule has 0 atom stereocenters. The lowest BCUT2D eigenvalue weighted by atomic mass is 9.79. The van der Waals surface area contributed by atoms with Crippen molar-refractivity contribution in [3.05, 3.63) is 59.9 Å². The number of pyridine rings is 1. The zero-order chi connectivity index (χ0) is 25.2. The predicted molar refractivity (Wildman–Crippen MR) is 153 cm³/mol. The summed E-state index contributed by atoms with van der Waals surface area (Å²) in [6.45, 7) is 21.3. The van der Waals surface area contributed by atoms with Crippen LogP contribution in [0.25, 0.3) is 22.2 Å². The summed E-state index contributed by atoms with van der Waals surface area (Å²) in [6, 6.07) is 11.6. The molecular weight excluding hydrogens is 426 g/mol. The molecule has 3 aromatic rings. The van der Waals surface area contributed by atoms with E-state index in [1.54, 1.807) is 0 Å². The molecule has 0 amide bonds. The van der Waals surface area contributed by atoms with Crippen LogP contribution in [0.5, 0.6) is 0 Å². The van der Waals surface area contributed by atoms with Crippen LogP contribution in [0.4, 0.5) is 5.69 Å². The van der Waals surface area contributed by atoms with E-state index in [0.717, 1.165) is 25.8 Å². The second-order valence-corrected chi connectivity index (χ2v) is 11.7. The molecule has 3 heterocycles. The maximum Gasteiger partial charge on any atom is 0.0542 e. The van der Waals surface area contributed by atoms with Crippen LogP contribution in [0.3, 0.4) is 0 Å². The standard InChI is InChI=1S/C32H45N3/c1-8-35-29-15-14-25(34-19-10-9-11-20-34)21-27(29)28(22-32(6,7)17-16-23(2)3)31(35)26-13-12-18-33-30(26)24(4)5/h12-15,18,21,24H,2,8-11,16-17,19-20,22H2,1,3-7H3. The summed E-state index contributed by atoms with van der Waals surface area (Å²) in [5.74, 6) is 0.378. The Bertz CT molecular complexity index is 1170. The molecule has 188 valence electrons. The van der Waals surface area contributed by atoms with Crippen LogP contribution in [-0.2, 0) is 13.0 Å². The van der Waals surface area contributed by atoms with Crippen LogP contribution in [0.15, 0.2) is 48.7 Å². The zero-order valence-corrected chi connectivity index (χ0v) is 23.0. The summed E-state index contributed by atoms with van der Waals surface area (Å²) >= 11 is 0. The van der Waals surface area contributed by atoms with Crippen molar-refractivity contribution < 1.29 is 0 Å². The van der Waals surface area contributed by atoms with E-state index in [9.17, 15) is 0 Å². The lowest BCUT2D eigenvalue weighted by Crippen LogP contribution is -2.29. The van der Waals surface area contributed by atoms with Gasteiger partial charge in [0.2, 0.25) is 0 Å². The molecule has 2 aromatic heterocycles. The van der Waals surface area contributed by atoms with Crippen LogP contribution in [0.1, 0.15) is 90.8 Å². The maximum atomic E-state index is 4.86. The SMILES string of the molecule is C=C(C)CCC(C)(C)Cc1c(-c2cccnc2C(C)C)n(CC)c2ccc(N3CCCCC3)cc12. The van der Waals surface area contributed by atoms with Crippen LogP contribution in [0, 0.1) is 5.41 Å². The number of fused-ring (bicyclic) bond motifs is 1. The van der Waals surface area contributed by atoms with Crippen LogP contribution in [-0.4, -0.2) is 22.6 Å². The maximum absolute atomic E-state index is 4.86. The molecule has 35 heavy (non-hydrogen) atoms. The van der Waals surface area contributed by atoms with Crippen molar-refractivity contribution in [2.45, 2.75) is 92.5 Å². The topological polar surface area (TPSA) is 21.1 Å². The fourth-order valence-electron chi connectivity index (χ4n) is 5.77. The number of aromatic nitrogens is 2. The molecule has 0 aliphatic carbocycles. The minimum Gasteiger partial charge on any atom is -0.372 e. The minimum absolute atomic E-state index is 0.182. The monoisotopic (exact) mass is 471 g/mol. The average Bonchev–Trinajstić information content (AvgIpc) is 3.15. The first kappa shape index (κ1) is 25.5. The first-order chi connectivity index (χ1) is 16.7. The molecule has 1 aliphatic rings.